The Morgan fingerprint density at radius 2 is 2.00 bits per heavy atom. The smallest absolute Gasteiger partial charge is 0.292 e. The minimum absolute atomic E-state index is 0.121. The maximum Gasteiger partial charge on any atom is 0.292 e. The number of hydrogen-bond donors (Lipinski definition) is 1. The summed E-state index contributed by atoms with van der Waals surface area (Å²) in [7, 11) is 1.84. The van der Waals surface area contributed by atoms with Crippen LogP contribution in [0.15, 0.2) is 65.6 Å². The zero-order chi connectivity index (χ0) is 21.0. The van der Waals surface area contributed by atoms with Gasteiger partial charge < -0.3 is 19.3 Å². The van der Waals surface area contributed by atoms with E-state index in [1.807, 2.05) is 18.1 Å². The van der Waals surface area contributed by atoms with Crippen LogP contribution in [0.5, 0.6) is 0 Å². The summed E-state index contributed by atoms with van der Waals surface area (Å²) in [6, 6.07) is 14.3. The molecule has 2 aliphatic rings. The van der Waals surface area contributed by atoms with Crippen LogP contribution in [0, 0.1) is 0 Å². The molecule has 0 bridgehead atoms. The summed E-state index contributed by atoms with van der Waals surface area (Å²) in [4.78, 5) is 14.9. The van der Waals surface area contributed by atoms with E-state index in [1.165, 1.54) is 5.69 Å². The molecule has 1 saturated heterocycles. The molecule has 4 aromatic rings. The van der Waals surface area contributed by atoms with Crippen molar-refractivity contribution in [2.75, 3.05) is 18.4 Å². The van der Waals surface area contributed by atoms with Gasteiger partial charge in [-0.05, 0) is 37.1 Å². The third-order valence-corrected chi connectivity index (χ3v) is 6.40. The number of hydrogen-bond acceptors (Lipinski definition) is 5. The van der Waals surface area contributed by atoms with Crippen LogP contribution in [0.2, 0.25) is 0 Å². The van der Waals surface area contributed by atoms with Crippen LogP contribution >= 0.6 is 0 Å². The summed E-state index contributed by atoms with van der Waals surface area (Å²) in [6.45, 7) is 1.28. The third kappa shape index (κ3) is 2.78. The van der Waals surface area contributed by atoms with E-state index in [1.54, 1.807) is 16.9 Å². The molecule has 156 valence electrons. The first-order valence-electron chi connectivity index (χ1n) is 10.4. The lowest BCUT2D eigenvalue weighted by Crippen LogP contribution is -2.51. The fourth-order valence-corrected chi connectivity index (χ4v) is 4.79. The van der Waals surface area contributed by atoms with Gasteiger partial charge in [0.2, 0.25) is 5.76 Å². The quantitative estimate of drug-likeness (QED) is 0.544. The maximum atomic E-state index is 13.1. The highest BCUT2D eigenvalue weighted by molar-refractivity contribution is 5.92. The van der Waals surface area contributed by atoms with Gasteiger partial charge in [0, 0.05) is 49.9 Å². The van der Waals surface area contributed by atoms with Crippen LogP contribution in [0.3, 0.4) is 0 Å². The molecule has 0 atom stereocenters. The van der Waals surface area contributed by atoms with Gasteiger partial charge in [-0.15, -0.1) is 0 Å². The predicted molar refractivity (Wildman–Crippen MR) is 115 cm³/mol. The number of para-hydroxylation sites is 2. The highest BCUT2D eigenvalue weighted by Crippen LogP contribution is 2.43. The number of nitrogens with one attached hydrogen (secondary N) is 1. The normalized spacial score (nSPS) is 16.6. The van der Waals surface area contributed by atoms with E-state index in [4.69, 9.17) is 4.52 Å². The van der Waals surface area contributed by atoms with Crippen LogP contribution in [0.4, 0.5) is 5.69 Å². The zero-order valence-corrected chi connectivity index (χ0v) is 17.2. The van der Waals surface area contributed by atoms with Gasteiger partial charge in [0.05, 0.1) is 23.1 Å². The lowest BCUT2D eigenvalue weighted by atomic mass is 9.82. The van der Waals surface area contributed by atoms with Crippen molar-refractivity contribution in [3.8, 4) is 16.9 Å². The van der Waals surface area contributed by atoms with Gasteiger partial charge in [-0.2, -0.15) is 5.10 Å². The van der Waals surface area contributed by atoms with Crippen LogP contribution < -0.4 is 5.32 Å². The zero-order valence-electron chi connectivity index (χ0n) is 17.2. The van der Waals surface area contributed by atoms with Crippen molar-refractivity contribution in [1.82, 2.24) is 24.4 Å². The molecular weight excluding hydrogens is 392 g/mol. The van der Waals surface area contributed by atoms with Crippen LogP contribution in [0.25, 0.3) is 16.9 Å². The molecule has 1 N–H and O–H groups in total. The first-order chi connectivity index (χ1) is 15.1. The standard InChI is InChI=1S/C23H22N6O2/c1-27-15-16(14-24-27)18-13-20(31-26-18)22(30)28-11-8-23(9-12-28)21-7-4-10-29(21)19-6-3-2-5-17(19)25-23/h2-7,10,13-15,25H,8-9,11-12H2,1H3. The summed E-state index contributed by atoms with van der Waals surface area (Å²) >= 11 is 0. The Labute approximate surface area is 179 Å². The molecule has 1 fully saturated rings. The molecule has 8 heteroatoms. The number of aromatic nitrogens is 4. The number of likely N-dealkylation sites (tertiary alicyclic amines) is 1. The number of benzene rings is 1. The molecule has 3 aromatic heterocycles. The number of nitrogens with zero attached hydrogens (tertiary/aromatic N) is 5. The SMILES string of the molecule is Cn1cc(-c2cc(C(=O)N3CCC4(CC3)Nc3ccccc3-n3cccc34)on2)cn1. The van der Waals surface area contributed by atoms with Crippen molar-refractivity contribution >= 4 is 11.6 Å². The minimum Gasteiger partial charge on any atom is -0.372 e. The van der Waals surface area contributed by atoms with Crippen molar-refractivity contribution < 1.29 is 9.32 Å². The Kier molecular flexibility index (Phi) is 3.83. The number of piperidine rings is 1. The lowest BCUT2D eigenvalue weighted by molar-refractivity contribution is 0.0635. The van der Waals surface area contributed by atoms with E-state index >= 15 is 0 Å². The van der Waals surface area contributed by atoms with E-state index in [0.29, 0.717) is 18.8 Å². The second-order valence-electron chi connectivity index (χ2n) is 8.26. The predicted octanol–water partition coefficient (Wildman–Crippen LogP) is 3.42. The Bertz CT molecular complexity index is 1270. The van der Waals surface area contributed by atoms with Gasteiger partial charge in [0.1, 0.15) is 5.69 Å². The average Bonchev–Trinajstić information content (AvgIpc) is 3.55. The first-order valence-corrected chi connectivity index (χ1v) is 10.4. The Morgan fingerprint density at radius 3 is 2.81 bits per heavy atom. The van der Waals surface area contributed by atoms with E-state index in [0.717, 1.165) is 29.8 Å². The topological polar surface area (TPSA) is 81.1 Å². The van der Waals surface area contributed by atoms with Crippen LogP contribution in [0.1, 0.15) is 29.1 Å². The van der Waals surface area contributed by atoms with E-state index in [-0.39, 0.29) is 17.2 Å². The number of carbonyl (C=O) groups is 1. The molecule has 2 aliphatic heterocycles. The molecule has 0 aliphatic carbocycles. The van der Waals surface area contributed by atoms with Crippen LogP contribution in [-0.4, -0.2) is 43.4 Å². The number of anilines is 1. The van der Waals surface area contributed by atoms with Gasteiger partial charge in [-0.3, -0.25) is 9.48 Å². The fourth-order valence-electron chi connectivity index (χ4n) is 4.79. The molecule has 1 spiro atoms. The van der Waals surface area contributed by atoms with Crippen molar-refractivity contribution in [2.45, 2.75) is 18.4 Å². The summed E-state index contributed by atoms with van der Waals surface area (Å²) in [5.41, 5.74) is 4.80. The number of carbonyl (C=O) groups excluding carboxylic acids is 1. The highest BCUT2D eigenvalue weighted by Gasteiger charge is 2.42. The number of fused-ring (bicyclic) bond motifs is 4. The summed E-state index contributed by atoms with van der Waals surface area (Å²) in [5, 5.41) is 12.0. The largest absolute Gasteiger partial charge is 0.372 e. The molecule has 6 rings (SSSR count). The van der Waals surface area contributed by atoms with Crippen molar-refractivity contribution in [1.29, 1.82) is 0 Å². The molecule has 0 unspecified atom stereocenters. The van der Waals surface area contributed by atoms with E-state index in [2.05, 4.69) is 62.7 Å². The van der Waals surface area contributed by atoms with Crippen LogP contribution in [-0.2, 0) is 12.6 Å². The Hall–Kier alpha value is -3.81. The Balaban J connectivity index is 1.22. The summed E-state index contributed by atoms with van der Waals surface area (Å²) in [5.74, 6) is 0.143. The molecule has 31 heavy (non-hydrogen) atoms. The fraction of sp³-hybridized carbons (Fsp3) is 0.261. The molecule has 0 saturated carbocycles. The monoisotopic (exact) mass is 414 g/mol. The summed E-state index contributed by atoms with van der Waals surface area (Å²) in [6.07, 6.45) is 7.31. The van der Waals surface area contributed by atoms with E-state index in [9.17, 15) is 4.79 Å². The van der Waals surface area contributed by atoms with Gasteiger partial charge in [0.25, 0.3) is 5.91 Å². The molecule has 8 nitrogen and oxygen atoms in total. The molecule has 1 aromatic carbocycles. The molecule has 0 radical (unpaired) electrons. The van der Waals surface area contributed by atoms with Crippen molar-refractivity contribution in [2.24, 2.45) is 7.05 Å². The van der Waals surface area contributed by atoms with Gasteiger partial charge >= 0.3 is 0 Å². The molecular formula is C23H22N6O2. The summed E-state index contributed by atoms with van der Waals surface area (Å²) < 4.78 is 9.33. The maximum absolute atomic E-state index is 13.1. The first kappa shape index (κ1) is 18.0. The average molecular weight is 414 g/mol. The lowest BCUT2D eigenvalue weighted by Gasteiger charge is -2.46. The Morgan fingerprint density at radius 1 is 1.16 bits per heavy atom. The number of rotatable bonds is 2. The molecule has 5 heterocycles. The second kappa shape index (κ2) is 6.60. The van der Waals surface area contributed by atoms with Gasteiger partial charge in [0.15, 0.2) is 0 Å². The van der Waals surface area contributed by atoms with Crippen molar-refractivity contribution in [3.63, 3.8) is 0 Å². The third-order valence-electron chi connectivity index (χ3n) is 6.40. The highest BCUT2D eigenvalue weighted by atomic mass is 16.5. The number of amides is 1. The van der Waals surface area contributed by atoms with Gasteiger partial charge in [-0.25, -0.2) is 0 Å². The number of aryl methyl sites for hydroxylation is 1. The van der Waals surface area contributed by atoms with E-state index < -0.39 is 0 Å². The van der Waals surface area contributed by atoms with Gasteiger partial charge in [-0.1, -0.05) is 17.3 Å². The minimum atomic E-state index is -0.184. The molecule has 1 amide bonds. The van der Waals surface area contributed by atoms with Crippen molar-refractivity contribution in [3.05, 3.63) is 72.5 Å². The second-order valence-corrected chi connectivity index (χ2v) is 8.26.